The predicted octanol–water partition coefficient (Wildman–Crippen LogP) is 9.81. The minimum atomic E-state index is 0.688. The molecule has 0 amide bonds. The van der Waals surface area contributed by atoms with Crippen molar-refractivity contribution in [1.29, 1.82) is 0 Å². The molecule has 0 aromatic heterocycles. The maximum atomic E-state index is 4.10. The normalized spacial score (nSPS) is 28.2. The highest BCUT2D eigenvalue weighted by Gasteiger charge is 2.28. The molecule has 0 radical (unpaired) electrons. The third kappa shape index (κ3) is 6.73. The first-order valence-electron chi connectivity index (χ1n) is 13.5. The van der Waals surface area contributed by atoms with Gasteiger partial charge in [-0.05, 0) is 85.7 Å². The molecule has 0 N–H and O–H groups in total. The Morgan fingerprint density at radius 3 is 2.03 bits per heavy atom. The molecule has 1 aromatic rings. The molecule has 0 bridgehead atoms. The zero-order valence-corrected chi connectivity index (χ0v) is 20.1. The summed E-state index contributed by atoms with van der Waals surface area (Å²) >= 11 is 0. The SMILES string of the molecule is C=CCC(c1ccc(C2CCC(CCC)CC2)cc1)C1CCC(CCCCC)CC1. The smallest absolute Gasteiger partial charge is 0.00991 e. The van der Waals surface area contributed by atoms with Crippen LogP contribution in [0.3, 0.4) is 0 Å². The quantitative estimate of drug-likeness (QED) is 0.252. The van der Waals surface area contributed by atoms with Gasteiger partial charge in [0.15, 0.2) is 0 Å². The second-order valence-electron chi connectivity index (χ2n) is 10.6. The van der Waals surface area contributed by atoms with Crippen molar-refractivity contribution in [3.05, 3.63) is 48.0 Å². The third-order valence-corrected chi connectivity index (χ3v) is 8.48. The highest BCUT2D eigenvalue weighted by molar-refractivity contribution is 5.29. The molecule has 0 nitrogen and oxygen atoms in total. The van der Waals surface area contributed by atoms with Crippen LogP contribution in [-0.2, 0) is 0 Å². The van der Waals surface area contributed by atoms with Gasteiger partial charge in [-0.3, -0.25) is 0 Å². The molecular weight excluding hydrogens is 360 g/mol. The molecule has 1 aromatic carbocycles. The molecule has 3 rings (SSSR count). The van der Waals surface area contributed by atoms with Crippen LogP contribution in [0.25, 0.3) is 0 Å². The van der Waals surface area contributed by atoms with Crippen molar-refractivity contribution in [2.24, 2.45) is 17.8 Å². The fourth-order valence-corrected chi connectivity index (χ4v) is 6.55. The van der Waals surface area contributed by atoms with Gasteiger partial charge in [-0.15, -0.1) is 6.58 Å². The van der Waals surface area contributed by atoms with E-state index in [1.165, 1.54) is 89.9 Å². The van der Waals surface area contributed by atoms with E-state index in [1.54, 1.807) is 11.1 Å². The third-order valence-electron chi connectivity index (χ3n) is 8.48. The summed E-state index contributed by atoms with van der Waals surface area (Å²) in [5.74, 6) is 4.36. The molecule has 0 aliphatic heterocycles. The van der Waals surface area contributed by atoms with E-state index in [1.807, 2.05) is 0 Å². The maximum Gasteiger partial charge on any atom is -0.00991 e. The van der Waals surface area contributed by atoms with Crippen molar-refractivity contribution in [2.45, 2.75) is 122 Å². The van der Waals surface area contributed by atoms with Crippen LogP contribution in [0.5, 0.6) is 0 Å². The Morgan fingerprint density at radius 2 is 1.43 bits per heavy atom. The van der Waals surface area contributed by atoms with Crippen LogP contribution >= 0.6 is 0 Å². The van der Waals surface area contributed by atoms with Crippen LogP contribution in [-0.4, -0.2) is 0 Å². The molecule has 0 saturated heterocycles. The van der Waals surface area contributed by atoms with Gasteiger partial charge in [-0.25, -0.2) is 0 Å². The van der Waals surface area contributed by atoms with Crippen LogP contribution in [0.15, 0.2) is 36.9 Å². The molecule has 168 valence electrons. The Balaban J connectivity index is 1.54. The lowest BCUT2D eigenvalue weighted by Gasteiger charge is -2.34. The molecule has 1 unspecified atom stereocenters. The Bertz CT molecular complexity index is 581. The van der Waals surface area contributed by atoms with Crippen molar-refractivity contribution in [3.8, 4) is 0 Å². The average Bonchev–Trinajstić information content (AvgIpc) is 2.79. The van der Waals surface area contributed by atoms with E-state index in [0.717, 1.165) is 30.1 Å². The maximum absolute atomic E-state index is 4.10. The highest BCUT2D eigenvalue weighted by atomic mass is 14.3. The first-order valence-corrected chi connectivity index (χ1v) is 13.5. The topological polar surface area (TPSA) is 0 Å². The van der Waals surface area contributed by atoms with Crippen molar-refractivity contribution in [3.63, 3.8) is 0 Å². The van der Waals surface area contributed by atoms with E-state index in [0.29, 0.717) is 5.92 Å². The minimum Gasteiger partial charge on any atom is -0.103 e. The van der Waals surface area contributed by atoms with E-state index in [-0.39, 0.29) is 0 Å². The molecule has 1 atom stereocenters. The summed E-state index contributed by atoms with van der Waals surface area (Å²) in [4.78, 5) is 0. The number of hydrogen-bond donors (Lipinski definition) is 0. The predicted molar refractivity (Wildman–Crippen MR) is 133 cm³/mol. The number of allylic oxidation sites excluding steroid dienone is 1. The Kier molecular flexibility index (Phi) is 10.0. The first-order chi connectivity index (χ1) is 14.7. The zero-order chi connectivity index (χ0) is 21.2. The van der Waals surface area contributed by atoms with Gasteiger partial charge in [0, 0.05) is 0 Å². The van der Waals surface area contributed by atoms with Crippen molar-refractivity contribution in [1.82, 2.24) is 0 Å². The fraction of sp³-hybridized carbons (Fsp3) is 0.733. The summed E-state index contributed by atoms with van der Waals surface area (Å²) in [5, 5.41) is 0. The van der Waals surface area contributed by atoms with E-state index < -0.39 is 0 Å². The second-order valence-corrected chi connectivity index (χ2v) is 10.6. The van der Waals surface area contributed by atoms with Gasteiger partial charge < -0.3 is 0 Å². The second kappa shape index (κ2) is 12.7. The van der Waals surface area contributed by atoms with Crippen LogP contribution < -0.4 is 0 Å². The fourth-order valence-electron chi connectivity index (χ4n) is 6.55. The summed E-state index contributed by atoms with van der Waals surface area (Å²) < 4.78 is 0. The Labute approximate surface area is 187 Å². The molecule has 0 spiro atoms. The summed E-state index contributed by atoms with van der Waals surface area (Å²) in [6.07, 6.45) is 23.3. The lowest BCUT2D eigenvalue weighted by atomic mass is 9.71. The molecule has 0 heteroatoms. The summed E-state index contributed by atoms with van der Waals surface area (Å²) in [6, 6.07) is 9.92. The van der Waals surface area contributed by atoms with E-state index in [2.05, 4.69) is 50.8 Å². The number of unbranched alkanes of at least 4 members (excludes halogenated alkanes) is 2. The van der Waals surface area contributed by atoms with Crippen LogP contribution in [0.4, 0.5) is 0 Å². The van der Waals surface area contributed by atoms with Gasteiger partial charge in [0.1, 0.15) is 0 Å². The molecule has 2 aliphatic carbocycles. The van der Waals surface area contributed by atoms with E-state index >= 15 is 0 Å². The average molecular weight is 409 g/mol. The molecule has 2 saturated carbocycles. The molecule has 2 fully saturated rings. The molecular formula is C30H48. The van der Waals surface area contributed by atoms with Gasteiger partial charge >= 0.3 is 0 Å². The standard InChI is InChI=1S/C30H48/c1-4-7-8-11-25-14-18-28(19-15-25)30(10-6-3)29-22-20-27(21-23-29)26-16-12-24(9-5-2)13-17-26/h6,20-26,28,30H,3-5,7-19H2,1-2H3. The van der Waals surface area contributed by atoms with E-state index in [4.69, 9.17) is 0 Å². The largest absolute Gasteiger partial charge is 0.103 e. The number of hydrogen-bond acceptors (Lipinski definition) is 0. The lowest BCUT2D eigenvalue weighted by Crippen LogP contribution is -2.20. The van der Waals surface area contributed by atoms with Crippen LogP contribution in [0.2, 0.25) is 0 Å². The minimum absolute atomic E-state index is 0.688. The van der Waals surface area contributed by atoms with E-state index in [9.17, 15) is 0 Å². The molecule has 2 aliphatic rings. The zero-order valence-electron chi connectivity index (χ0n) is 20.1. The molecule has 30 heavy (non-hydrogen) atoms. The van der Waals surface area contributed by atoms with Gasteiger partial charge in [-0.1, -0.05) is 95.6 Å². The summed E-state index contributed by atoms with van der Waals surface area (Å²) in [5.41, 5.74) is 3.18. The van der Waals surface area contributed by atoms with Crippen molar-refractivity contribution in [2.75, 3.05) is 0 Å². The van der Waals surface area contributed by atoms with Crippen molar-refractivity contribution < 1.29 is 0 Å². The highest BCUT2D eigenvalue weighted by Crippen LogP contribution is 2.42. The Morgan fingerprint density at radius 1 is 0.800 bits per heavy atom. The van der Waals surface area contributed by atoms with Gasteiger partial charge in [0.05, 0.1) is 0 Å². The van der Waals surface area contributed by atoms with Gasteiger partial charge in [-0.2, -0.15) is 0 Å². The van der Waals surface area contributed by atoms with Crippen LogP contribution in [0.1, 0.15) is 133 Å². The van der Waals surface area contributed by atoms with Gasteiger partial charge in [0.25, 0.3) is 0 Å². The lowest BCUT2D eigenvalue weighted by molar-refractivity contribution is 0.230. The first kappa shape index (κ1) is 23.6. The summed E-state index contributed by atoms with van der Waals surface area (Å²) in [7, 11) is 0. The summed E-state index contributed by atoms with van der Waals surface area (Å²) in [6.45, 7) is 8.75. The van der Waals surface area contributed by atoms with Gasteiger partial charge in [0.2, 0.25) is 0 Å². The molecule has 0 heterocycles. The van der Waals surface area contributed by atoms with Crippen LogP contribution in [0, 0.1) is 17.8 Å². The Hall–Kier alpha value is -1.04. The number of rotatable bonds is 11. The number of benzene rings is 1. The monoisotopic (exact) mass is 408 g/mol. The van der Waals surface area contributed by atoms with Crippen molar-refractivity contribution >= 4 is 0 Å².